The van der Waals surface area contributed by atoms with Crippen LogP contribution in [0.1, 0.15) is 51.9 Å². The molecule has 2 rings (SSSR count). The lowest BCUT2D eigenvalue weighted by molar-refractivity contribution is -0.141. The maximum absolute atomic E-state index is 12.2. The standard InChI is InChI=1S/C17H24N2O4/c1-3-4-5-15(20)12-6-8-13(9-7-12)16(21)23-17-18-10-14(22-2)11-19-17/h10-13H,3-9H2,1-2H3/t12-,13-. The second kappa shape index (κ2) is 8.60. The summed E-state index contributed by atoms with van der Waals surface area (Å²) in [5, 5.41) is 0. The molecule has 1 aromatic heterocycles. The summed E-state index contributed by atoms with van der Waals surface area (Å²) in [6, 6.07) is 0.0388. The Hall–Kier alpha value is -1.98. The van der Waals surface area contributed by atoms with Crippen molar-refractivity contribution in [2.24, 2.45) is 11.8 Å². The molecule has 126 valence electrons. The van der Waals surface area contributed by atoms with Gasteiger partial charge in [-0.3, -0.25) is 9.59 Å². The number of rotatable bonds is 7. The van der Waals surface area contributed by atoms with Crippen LogP contribution >= 0.6 is 0 Å². The first-order valence-electron chi connectivity index (χ1n) is 8.24. The molecule has 0 unspecified atom stereocenters. The van der Waals surface area contributed by atoms with Crippen molar-refractivity contribution < 1.29 is 19.1 Å². The Bertz CT molecular complexity index is 522. The summed E-state index contributed by atoms with van der Waals surface area (Å²) in [5.41, 5.74) is 0. The molecule has 1 fully saturated rings. The van der Waals surface area contributed by atoms with Crippen LogP contribution in [0.5, 0.6) is 11.8 Å². The van der Waals surface area contributed by atoms with E-state index in [-0.39, 0.29) is 23.8 Å². The lowest BCUT2D eigenvalue weighted by Crippen LogP contribution is -2.28. The van der Waals surface area contributed by atoms with Crippen molar-refractivity contribution in [3.05, 3.63) is 12.4 Å². The van der Waals surface area contributed by atoms with Gasteiger partial charge in [0.25, 0.3) is 0 Å². The summed E-state index contributed by atoms with van der Waals surface area (Å²) in [7, 11) is 1.52. The fourth-order valence-electron chi connectivity index (χ4n) is 2.84. The van der Waals surface area contributed by atoms with Crippen molar-refractivity contribution in [1.29, 1.82) is 0 Å². The van der Waals surface area contributed by atoms with Crippen molar-refractivity contribution in [3.8, 4) is 11.8 Å². The number of unbranched alkanes of at least 4 members (excludes halogenated alkanes) is 1. The van der Waals surface area contributed by atoms with Crippen LogP contribution in [0.4, 0.5) is 0 Å². The topological polar surface area (TPSA) is 78.4 Å². The normalized spacial score (nSPS) is 20.8. The SMILES string of the molecule is CCCCC(=O)[C@H]1CC[C@H](C(=O)Oc2ncc(OC)cn2)CC1. The molecule has 1 saturated carbocycles. The Balaban J connectivity index is 1.79. The minimum Gasteiger partial charge on any atom is -0.494 e. The second-order valence-corrected chi connectivity index (χ2v) is 5.94. The van der Waals surface area contributed by atoms with E-state index in [1.807, 2.05) is 0 Å². The average Bonchev–Trinajstić information content (AvgIpc) is 2.60. The average molecular weight is 320 g/mol. The third kappa shape index (κ3) is 5.01. The van der Waals surface area contributed by atoms with E-state index in [1.165, 1.54) is 19.5 Å². The van der Waals surface area contributed by atoms with Crippen LogP contribution in [0.15, 0.2) is 12.4 Å². The zero-order valence-electron chi connectivity index (χ0n) is 13.8. The number of ether oxygens (including phenoxy) is 2. The highest BCUT2D eigenvalue weighted by Crippen LogP contribution is 2.31. The van der Waals surface area contributed by atoms with Crippen LogP contribution in [0, 0.1) is 11.8 Å². The fourth-order valence-corrected chi connectivity index (χ4v) is 2.84. The molecule has 0 aliphatic heterocycles. The molecule has 0 bridgehead atoms. The Morgan fingerprint density at radius 2 is 1.74 bits per heavy atom. The molecule has 0 aromatic carbocycles. The minimum atomic E-state index is -0.311. The quantitative estimate of drug-likeness (QED) is 0.719. The molecule has 0 saturated heterocycles. The monoisotopic (exact) mass is 320 g/mol. The predicted molar refractivity (Wildman–Crippen MR) is 84.2 cm³/mol. The molecule has 0 radical (unpaired) electrons. The van der Waals surface area contributed by atoms with Crippen molar-refractivity contribution in [1.82, 2.24) is 9.97 Å². The number of Topliss-reactive ketones (excluding diaryl/α,β-unsaturated/α-hetero) is 1. The number of nitrogens with zero attached hydrogens (tertiary/aromatic N) is 2. The van der Waals surface area contributed by atoms with Gasteiger partial charge in [-0.05, 0) is 32.1 Å². The minimum absolute atomic E-state index is 0.0388. The molecule has 1 aliphatic rings. The van der Waals surface area contributed by atoms with Gasteiger partial charge in [0.2, 0.25) is 0 Å². The van der Waals surface area contributed by atoms with Gasteiger partial charge in [0.05, 0.1) is 25.4 Å². The molecular weight excluding hydrogens is 296 g/mol. The lowest BCUT2D eigenvalue weighted by atomic mass is 9.79. The van der Waals surface area contributed by atoms with Crippen LogP contribution in [0.25, 0.3) is 0 Å². The molecule has 1 aromatic rings. The number of carbonyl (C=O) groups excluding carboxylic acids is 2. The van der Waals surface area contributed by atoms with Crippen LogP contribution in [-0.4, -0.2) is 28.8 Å². The van der Waals surface area contributed by atoms with E-state index in [4.69, 9.17) is 9.47 Å². The summed E-state index contributed by atoms with van der Waals surface area (Å²) < 4.78 is 10.2. The summed E-state index contributed by atoms with van der Waals surface area (Å²) in [6.45, 7) is 2.08. The first kappa shape index (κ1) is 17.4. The smallest absolute Gasteiger partial charge is 0.324 e. The zero-order valence-corrected chi connectivity index (χ0v) is 13.8. The highest BCUT2D eigenvalue weighted by atomic mass is 16.5. The van der Waals surface area contributed by atoms with Gasteiger partial charge < -0.3 is 9.47 Å². The highest BCUT2D eigenvalue weighted by molar-refractivity contribution is 5.81. The van der Waals surface area contributed by atoms with Gasteiger partial charge in [-0.1, -0.05) is 13.3 Å². The number of esters is 1. The predicted octanol–water partition coefficient (Wildman–Crippen LogP) is 2.96. The van der Waals surface area contributed by atoms with Crippen LogP contribution < -0.4 is 9.47 Å². The van der Waals surface area contributed by atoms with Gasteiger partial charge in [-0.25, -0.2) is 0 Å². The molecular formula is C17H24N2O4. The van der Waals surface area contributed by atoms with Crippen LogP contribution in [0.3, 0.4) is 0 Å². The third-order valence-electron chi connectivity index (χ3n) is 4.32. The van der Waals surface area contributed by atoms with E-state index in [0.717, 1.165) is 25.7 Å². The number of carbonyl (C=O) groups is 2. The van der Waals surface area contributed by atoms with Crippen molar-refractivity contribution in [2.75, 3.05) is 7.11 Å². The van der Waals surface area contributed by atoms with Gasteiger partial charge >= 0.3 is 12.0 Å². The van der Waals surface area contributed by atoms with Crippen molar-refractivity contribution in [3.63, 3.8) is 0 Å². The maximum atomic E-state index is 12.2. The van der Waals surface area contributed by atoms with Crippen LogP contribution in [0.2, 0.25) is 0 Å². The number of hydrogen-bond donors (Lipinski definition) is 0. The molecule has 0 amide bonds. The van der Waals surface area contributed by atoms with Crippen molar-refractivity contribution >= 4 is 11.8 Å². The third-order valence-corrected chi connectivity index (χ3v) is 4.32. The summed E-state index contributed by atoms with van der Waals surface area (Å²) in [6.07, 6.45) is 8.49. The number of aromatic nitrogens is 2. The van der Waals surface area contributed by atoms with Gasteiger partial charge in [-0.15, -0.1) is 0 Å². The Morgan fingerprint density at radius 1 is 1.13 bits per heavy atom. The Morgan fingerprint density at radius 3 is 2.30 bits per heavy atom. The molecule has 0 spiro atoms. The van der Waals surface area contributed by atoms with Crippen molar-refractivity contribution in [2.45, 2.75) is 51.9 Å². The number of ketones is 1. The molecule has 23 heavy (non-hydrogen) atoms. The molecule has 0 N–H and O–H groups in total. The van der Waals surface area contributed by atoms with Gasteiger partial charge in [0, 0.05) is 12.3 Å². The Labute approximate surface area is 136 Å². The summed E-state index contributed by atoms with van der Waals surface area (Å²) in [5.74, 6) is 0.487. The summed E-state index contributed by atoms with van der Waals surface area (Å²) in [4.78, 5) is 32.0. The van der Waals surface area contributed by atoms with E-state index in [1.54, 1.807) is 0 Å². The first-order chi connectivity index (χ1) is 11.1. The highest BCUT2D eigenvalue weighted by Gasteiger charge is 2.30. The lowest BCUT2D eigenvalue weighted by Gasteiger charge is -2.26. The fraction of sp³-hybridized carbons (Fsp3) is 0.647. The molecule has 1 aliphatic carbocycles. The van der Waals surface area contributed by atoms with E-state index < -0.39 is 0 Å². The van der Waals surface area contributed by atoms with E-state index in [2.05, 4.69) is 16.9 Å². The van der Waals surface area contributed by atoms with Gasteiger partial charge in [0.1, 0.15) is 5.78 Å². The first-order valence-corrected chi connectivity index (χ1v) is 8.24. The zero-order chi connectivity index (χ0) is 16.7. The number of methoxy groups -OCH3 is 1. The van der Waals surface area contributed by atoms with E-state index in [0.29, 0.717) is 30.8 Å². The van der Waals surface area contributed by atoms with Gasteiger partial charge in [-0.2, -0.15) is 9.97 Å². The number of hydrogen-bond acceptors (Lipinski definition) is 6. The Kier molecular flexibility index (Phi) is 6.50. The molecule has 0 atom stereocenters. The van der Waals surface area contributed by atoms with Crippen LogP contribution in [-0.2, 0) is 9.59 Å². The molecule has 6 heteroatoms. The maximum Gasteiger partial charge on any atom is 0.324 e. The van der Waals surface area contributed by atoms with E-state index in [9.17, 15) is 9.59 Å². The van der Waals surface area contributed by atoms with Gasteiger partial charge in [0.15, 0.2) is 5.75 Å². The second-order valence-electron chi connectivity index (χ2n) is 5.94. The summed E-state index contributed by atoms with van der Waals surface area (Å²) >= 11 is 0. The van der Waals surface area contributed by atoms with E-state index >= 15 is 0 Å². The molecule has 6 nitrogen and oxygen atoms in total. The molecule has 1 heterocycles. The largest absolute Gasteiger partial charge is 0.494 e.